The molecule has 0 saturated carbocycles. The molecule has 5 rings (SSSR count). The van der Waals surface area contributed by atoms with Gasteiger partial charge in [0.05, 0.1) is 23.1 Å². The van der Waals surface area contributed by atoms with Crippen LogP contribution in [0.15, 0.2) is 48.6 Å². The number of aromatic nitrogens is 4. The van der Waals surface area contributed by atoms with Crippen molar-refractivity contribution in [2.24, 2.45) is 0 Å². The third kappa shape index (κ3) is 4.81. The maximum atomic E-state index is 13.8. The number of carbonyl (C=O) groups excluding carboxylic acids is 1. The number of carbonyl (C=O) groups is 1. The van der Waals surface area contributed by atoms with Crippen LogP contribution in [0.3, 0.4) is 0 Å². The third-order valence-corrected chi connectivity index (χ3v) is 7.59. The van der Waals surface area contributed by atoms with Gasteiger partial charge in [-0.3, -0.25) is 9.78 Å². The van der Waals surface area contributed by atoms with Gasteiger partial charge in [-0.25, -0.2) is 9.97 Å². The van der Waals surface area contributed by atoms with Gasteiger partial charge in [0.2, 0.25) is 0 Å². The van der Waals surface area contributed by atoms with E-state index >= 15 is 0 Å². The molecule has 3 aromatic rings. The average molecular weight is 499 g/mol. The number of anilines is 1. The Labute approximate surface area is 218 Å². The Morgan fingerprint density at radius 2 is 1.78 bits per heavy atom. The van der Waals surface area contributed by atoms with Crippen molar-refractivity contribution in [3.05, 3.63) is 54.3 Å². The van der Waals surface area contributed by atoms with E-state index in [9.17, 15) is 10.1 Å². The lowest BCUT2D eigenvalue weighted by molar-refractivity contribution is -0.127. The number of hydrogen-bond acceptors (Lipinski definition) is 7. The number of imidazole rings is 1. The van der Waals surface area contributed by atoms with E-state index in [0.29, 0.717) is 24.3 Å². The first-order chi connectivity index (χ1) is 17.9. The number of pyridine rings is 2. The monoisotopic (exact) mass is 498 g/mol. The lowest BCUT2D eigenvalue weighted by atomic mass is 9.82. The number of piperidine rings is 1. The first-order valence-corrected chi connectivity index (χ1v) is 13.0. The molecule has 2 aliphatic rings. The molecule has 192 valence electrons. The van der Waals surface area contributed by atoms with Crippen molar-refractivity contribution in [1.29, 1.82) is 5.26 Å². The average Bonchev–Trinajstić information content (AvgIpc) is 3.35. The van der Waals surface area contributed by atoms with Crippen molar-refractivity contribution in [2.75, 3.05) is 51.2 Å². The van der Waals surface area contributed by atoms with Gasteiger partial charge in [0.1, 0.15) is 29.3 Å². The largest absolute Gasteiger partial charge is 0.354 e. The van der Waals surface area contributed by atoms with Gasteiger partial charge in [0.25, 0.3) is 5.91 Å². The van der Waals surface area contributed by atoms with Gasteiger partial charge in [0, 0.05) is 50.9 Å². The fourth-order valence-electron chi connectivity index (χ4n) is 5.34. The molecule has 37 heavy (non-hydrogen) atoms. The minimum atomic E-state index is -0.768. The molecule has 3 aromatic heterocycles. The number of allylic oxidation sites excluding steroid dienone is 1. The van der Waals surface area contributed by atoms with Crippen molar-refractivity contribution in [2.45, 2.75) is 38.5 Å². The molecular formula is C28H34N8O. The second-order valence-electron chi connectivity index (χ2n) is 10.5. The van der Waals surface area contributed by atoms with Crippen LogP contribution in [0.2, 0.25) is 0 Å². The molecule has 0 aliphatic carbocycles. The molecule has 1 amide bonds. The minimum Gasteiger partial charge on any atom is -0.354 e. The number of hydrogen-bond donors (Lipinski definition) is 0. The van der Waals surface area contributed by atoms with Crippen molar-refractivity contribution in [1.82, 2.24) is 29.3 Å². The molecule has 9 nitrogen and oxygen atoms in total. The maximum Gasteiger partial charge on any atom is 0.266 e. The smallest absolute Gasteiger partial charge is 0.266 e. The summed E-state index contributed by atoms with van der Waals surface area (Å²) < 4.78 is 1.88. The van der Waals surface area contributed by atoms with Gasteiger partial charge in [0.15, 0.2) is 0 Å². The molecule has 0 spiro atoms. The zero-order valence-corrected chi connectivity index (χ0v) is 21.9. The zero-order chi connectivity index (χ0) is 26.0. The third-order valence-electron chi connectivity index (χ3n) is 7.59. The Bertz CT molecular complexity index is 1350. The highest BCUT2D eigenvalue weighted by atomic mass is 16.2. The second kappa shape index (κ2) is 10.3. The molecule has 0 radical (unpaired) electrons. The summed E-state index contributed by atoms with van der Waals surface area (Å²) in [5, 5.41) is 10.4. The summed E-state index contributed by atoms with van der Waals surface area (Å²) in [4.78, 5) is 34.0. The van der Waals surface area contributed by atoms with Crippen molar-refractivity contribution in [3.8, 4) is 6.07 Å². The van der Waals surface area contributed by atoms with Crippen LogP contribution in [0.5, 0.6) is 0 Å². The fourth-order valence-corrected chi connectivity index (χ4v) is 5.34. The SMILES string of the molecule is CN1CCN(c2cccc(C(C)(C)C(=C(C#N)C(=O)N3CCCCC3)n3cnc4cnccc43)n2)CC1. The fraction of sp³-hybridized carbons (Fsp3) is 0.464. The van der Waals surface area contributed by atoms with Gasteiger partial charge in [-0.2, -0.15) is 5.26 Å². The molecule has 2 saturated heterocycles. The number of likely N-dealkylation sites (N-methyl/N-ethyl adjacent to an activating group) is 1. The van der Waals surface area contributed by atoms with Gasteiger partial charge >= 0.3 is 0 Å². The van der Waals surface area contributed by atoms with Gasteiger partial charge in [-0.15, -0.1) is 0 Å². The summed E-state index contributed by atoms with van der Waals surface area (Å²) in [5.41, 5.74) is 2.26. The minimum absolute atomic E-state index is 0.134. The highest BCUT2D eigenvalue weighted by Crippen LogP contribution is 2.38. The Hall–Kier alpha value is -3.77. The Kier molecular flexibility index (Phi) is 6.94. The van der Waals surface area contributed by atoms with E-state index in [1.807, 2.05) is 47.6 Å². The molecule has 0 bridgehead atoms. The number of rotatable bonds is 5. The van der Waals surface area contributed by atoms with Crippen LogP contribution in [0.1, 0.15) is 38.8 Å². The normalized spacial score (nSPS) is 18.0. The molecule has 5 heterocycles. The molecule has 2 aliphatic heterocycles. The number of amides is 1. The molecule has 0 N–H and O–H groups in total. The topological polar surface area (TPSA) is 94.2 Å². The van der Waals surface area contributed by atoms with E-state index in [-0.39, 0.29) is 11.5 Å². The van der Waals surface area contributed by atoms with Crippen LogP contribution >= 0.6 is 0 Å². The van der Waals surface area contributed by atoms with E-state index in [0.717, 1.165) is 62.5 Å². The summed E-state index contributed by atoms with van der Waals surface area (Å²) in [6.45, 7) is 9.20. The summed E-state index contributed by atoms with van der Waals surface area (Å²) in [6, 6.07) is 10.2. The van der Waals surface area contributed by atoms with Crippen molar-refractivity contribution >= 4 is 28.5 Å². The van der Waals surface area contributed by atoms with Gasteiger partial charge in [-0.1, -0.05) is 6.07 Å². The Morgan fingerprint density at radius 1 is 1.03 bits per heavy atom. The van der Waals surface area contributed by atoms with E-state index < -0.39 is 5.41 Å². The lowest BCUT2D eigenvalue weighted by Crippen LogP contribution is -2.45. The number of nitriles is 1. The number of nitrogens with zero attached hydrogens (tertiary/aromatic N) is 8. The molecule has 0 atom stereocenters. The number of fused-ring (bicyclic) bond motifs is 1. The molecule has 0 aromatic carbocycles. The van der Waals surface area contributed by atoms with E-state index in [2.05, 4.69) is 32.9 Å². The number of likely N-dealkylation sites (tertiary alicyclic amines) is 1. The van der Waals surface area contributed by atoms with Gasteiger partial charge < -0.3 is 19.3 Å². The van der Waals surface area contributed by atoms with Gasteiger partial charge in [-0.05, 0) is 58.4 Å². The predicted octanol–water partition coefficient (Wildman–Crippen LogP) is 3.30. The van der Waals surface area contributed by atoms with Crippen molar-refractivity contribution in [3.63, 3.8) is 0 Å². The molecule has 2 fully saturated rings. The highest BCUT2D eigenvalue weighted by molar-refractivity contribution is 6.04. The molecular weight excluding hydrogens is 464 g/mol. The van der Waals surface area contributed by atoms with Crippen LogP contribution in [0.4, 0.5) is 5.82 Å². The van der Waals surface area contributed by atoms with Crippen LogP contribution in [-0.4, -0.2) is 81.5 Å². The van der Waals surface area contributed by atoms with Crippen LogP contribution < -0.4 is 4.90 Å². The van der Waals surface area contributed by atoms with Crippen LogP contribution in [0, 0.1) is 11.3 Å². The van der Waals surface area contributed by atoms with Crippen LogP contribution in [0.25, 0.3) is 16.7 Å². The van der Waals surface area contributed by atoms with E-state index in [4.69, 9.17) is 4.98 Å². The Balaban J connectivity index is 1.65. The first-order valence-electron chi connectivity index (χ1n) is 13.0. The predicted molar refractivity (Wildman–Crippen MR) is 144 cm³/mol. The standard InChI is InChI=1S/C28H34N8O/c1-28(2,24-8-7-9-25(32-24)34-16-14-33(3)15-17-34)26(36-20-31-22-19-30-11-10-23(22)36)21(18-29)27(37)35-12-5-4-6-13-35/h7-11,19-20H,4-6,12-17H2,1-3H3. The summed E-state index contributed by atoms with van der Waals surface area (Å²) in [6.07, 6.45) is 8.11. The summed E-state index contributed by atoms with van der Waals surface area (Å²) >= 11 is 0. The van der Waals surface area contributed by atoms with Crippen LogP contribution in [-0.2, 0) is 10.2 Å². The summed E-state index contributed by atoms with van der Waals surface area (Å²) in [5.74, 6) is 0.690. The quantitative estimate of drug-likeness (QED) is 0.393. The second-order valence-corrected chi connectivity index (χ2v) is 10.5. The van der Waals surface area contributed by atoms with E-state index in [1.54, 1.807) is 18.7 Å². The van der Waals surface area contributed by atoms with E-state index in [1.165, 1.54) is 0 Å². The van der Waals surface area contributed by atoms with Crippen molar-refractivity contribution < 1.29 is 4.79 Å². The molecule has 0 unspecified atom stereocenters. The first kappa shape index (κ1) is 24.9. The highest BCUT2D eigenvalue weighted by Gasteiger charge is 2.36. The zero-order valence-electron chi connectivity index (χ0n) is 21.9. The molecule has 9 heteroatoms. The maximum absolute atomic E-state index is 13.8. The summed E-state index contributed by atoms with van der Waals surface area (Å²) in [7, 11) is 2.13. The lowest BCUT2D eigenvalue weighted by Gasteiger charge is -2.35. The number of piperazine rings is 1. The Morgan fingerprint density at radius 3 is 2.51 bits per heavy atom.